The van der Waals surface area contributed by atoms with E-state index in [0.29, 0.717) is 41.2 Å². The molecule has 10 heteroatoms. The van der Waals surface area contributed by atoms with Crippen molar-refractivity contribution in [1.82, 2.24) is 16.0 Å². The third kappa shape index (κ3) is 11.8. The fourth-order valence-corrected chi connectivity index (χ4v) is 2.60. The predicted octanol–water partition coefficient (Wildman–Crippen LogP) is 3.72. The molecule has 28 heavy (non-hydrogen) atoms. The number of guanidine groups is 1. The Morgan fingerprint density at radius 1 is 1.14 bits per heavy atom. The predicted molar refractivity (Wildman–Crippen MR) is 125 cm³/mol. The zero-order chi connectivity index (χ0) is 20.4. The Morgan fingerprint density at radius 2 is 1.71 bits per heavy atom. The summed E-state index contributed by atoms with van der Waals surface area (Å²) in [7, 11) is 0. The van der Waals surface area contributed by atoms with Crippen LogP contribution >= 0.6 is 47.2 Å². The van der Waals surface area contributed by atoms with Crippen molar-refractivity contribution in [3.63, 3.8) is 0 Å². The van der Waals surface area contributed by atoms with Crippen LogP contribution in [0.4, 0.5) is 4.79 Å². The molecule has 0 heterocycles. The van der Waals surface area contributed by atoms with Crippen LogP contribution in [0.2, 0.25) is 10.0 Å². The van der Waals surface area contributed by atoms with Crippen LogP contribution in [0.25, 0.3) is 0 Å². The van der Waals surface area contributed by atoms with Gasteiger partial charge >= 0.3 is 6.09 Å². The molecule has 0 bridgehead atoms. The third-order valence-corrected chi connectivity index (χ3v) is 3.56. The van der Waals surface area contributed by atoms with Gasteiger partial charge in [-0.05, 0) is 51.5 Å². The number of nitrogens with zero attached hydrogens (tertiary/aromatic N) is 1. The van der Waals surface area contributed by atoms with Crippen LogP contribution in [0.5, 0.6) is 0 Å². The van der Waals surface area contributed by atoms with Gasteiger partial charge in [0.2, 0.25) is 0 Å². The lowest BCUT2D eigenvalue weighted by Gasteiger charge is -2.20. The van der Waals surface area contributed by atoms with E-state index in [0.717, 1.165) is 0 Å². The molecule has 1 aromatic carbocycles. The Kier molecular flexibility index (Phi) is 12.8. The summed E-state index contributed by atoms with van der Waals surface area (Å²) in [5.41, 5.74) is 0.0616. The number of rotatable bonds is 7. The smallest absolute Gasteiger partial charge is 0.407 e. The Morgan fingerprint density at radius 3 is 2.25 bits per heavy atom. The van der Waals surface area contributed by atoms with Crippen molar-refractivity contribution in [3.05, 3.63) is 33.8 Å². The van der Waals surface area contributed by atoms with Crippen molar-refractivity contribution in [2.24, 2.45) is 4.99 Å². The summed E-state index contributed by atoms with van der Waals surface area (Å²) in [6.45, 7) is 8.95. The van der Waals surface area contributed by atoms with Crippen LogP contribution < -0.4 is 16.0 Å². The van der Waals surface area contributed by atoms with Crippen LogP contribution in [-0.2, 0) is 4.74 Å². The lowest BCUT2D eigenvalue weighted by Crippen LogP contribution is -2.42. The molecule has 0 aliphatic rings. The number of ether oxygens (including phenoxy) is 1. The fraction of sp³-hybridized carbons (Fsp3) is 0.556. The Balaban J connectivity index is 0.00000729. The molecule has 4 N–H and O–H groups in total. The first-order chi connectivity index (χ1) is 12.6. The molecule has 0 fully saturated rings. The number of benzene rings is 1. The van der Waals surface area contributed by atoms with Crippen LogP contribution in [0.15, 0.2) is 23.2 Å². The molecule has 7 nitrogen and oxygen atoms in total. The number of nitrogens with one attached hydrogen (secondary N) is 3. The van der Waals surface area contributed by atoms with Crippen molar-refractivity contribution in [1.29, 1.82) is 0 Å². The number of aliphatic hydroxyl groups excluding tert-OH is 1. The average Bonchev–Trinajstić information content (AvgIpc) is 2.53. The molecule has 1 unspecified atom stereocenters. The minimum atomic E-state index is -0.837. The first kappa shape index (κ1) is 27.0. The highest BCUT2D eigenvalue weighted by Gasteiger charge is 2.15. The van der Waals surface area contributed by atoms with Crippen molar-refractivity contribution in [2.45, 2.75) is 39.4 Å². The van der Waals surface area contributed by atoms with Crippen molar-refractivity contribution in [3.8, 4) is 0 Å². The van der Waals surface area contributed by atoms with E-state index in [1.807, 2.05) is 6.92 Å². The normalized spacial score (nSPS) is 12.6. The molecular weight excluding hydrogens is 518 g/mol. The Bertz CT molecular complexity index is 634. The number of aliphatic imine (C=N–C) groups is 1. The van der Waals surface area contributed by atoms with Gasteiger partial charge in [-0.3, -0.25) is 4.99 Å². The largest absolute Gasteiger partial charge is 0.444 e. The van der Waals surface area contributed by atoms with E-state index in [1.54, 1.807) is 39.0 Å². The zero-order valence-electron chi connectivity index (χ0n) is 16.5. The molecule has 0 saturated carbocycles. The maximum atomic E-state index is 11.6. The standard InChI is InChI=1S/C18H28Cl2N4O3.HI/c1-5-21-16(22-6-7-23-17(26)27-18(2,3)4)24-11-15(25)12-8-13(19)10-14(20)9-12;/h8-10,15,25H,5-7,11H2,1-4H3,(H,23,26)(H2,21,22,24);1H. The van der Waals surface area contributed by atoms with E-state index in [-0.39, 0.29) is 30.5 Å². The van der Waals surface area contributed by atoms with Gasteiger partial charge in [-0.15, -0.1) is 24.0 Å². The van der Waals surface area contributed by atoms with Crippen LogP contribution in [0, 0.1) is 0 Å². The quantitative estimate of drug-likeness (QED) is 0.181. The van der Waals surface area contributed by atoms with E-state index in [2.05, 4.69) is 20.9 Å². The van der Waals surface area contributed by atoms with E-state index < -0.39 is 17.8 Å². The molecule has 1 amide bonds. The molecule has 0 aliphatic heterocycles. The topological polar surface area (TPSA) is 95.0 Å². The van der Waals surface area contributed by atoms with Crippen molar-refractivity contribution < 1.29 is 14.6 Å². The molecular formula is C18H29Cl2IN4O3. The molecule has 0 aliphatic carbocycles. The molecule has 1 aromatic rings. The van der Waals surface area contributed by atoms with Gasteiger partial charge in [0.25, 0.3) is 0 Å². The number of amides is 1. The minimum absolute atomic E-state index is 0. The van der Waals surface area contributed by atoms with Crippen LogP contribution in [0.3, 0.4) is 0 Å². The van der Waals surface area contributed by atoms with Gasteiger partial charge in [0.05, 0.1) is 12.6 Å². The van der Waals surface area contributed by atoms with E-state index in [4.69, 9.17) is 27.9 Å². The fourth-order valence-electron chi connectivity index (χ4n) is 2.05. The Hall–Kier alpha value is -0.970. The maximum Gasteiger partial charge on any atom is 0.407 e. The lowest BCUT2D eigenvalue weighted by atomic mass is 10.1. The third-order valence-electron chi connectivity index (χ3n) is 3.12. The van der Waals surface area contributed by atoms with Crippen LogP contribution in [0.1, 0.15) is 39.4 Å². The van der Waals surface area contributed by atoms with Crippen molar-refractivity contribution in [2.75, 3.05) is 26.2 Å². The van der Waals surface area contributed by atoms with Crippen LogP contribution in [-0.4, -0.2) is 48.9 Å². The average molecular weight is 547 g/mol. The number of hydrogen-bond donors (Lipinski definition) is 4. The summed E-state index contributed by atoms with van der Waals surface area (Å²) >= 11 is 11.9. The van der Waals surface area contributed by atoms with Gasteiger partial charge in [0, 0.05) is 29.7 Å². The summed E-state index contributed by atoms with van der Waals surface area (Å²) in [6.07, 6.45) is -1.31. The van der Waals surface area contributed by atoms with Gasteiger partial charge < -0.3 is 25.8 Å². The monoisotopic (exact) mass is 546 g/mol. The summed E-state index contributed by atoms with van der Waals surface area (Å²) in [5, 5.41) is 20.0. The second kappa shape index (κ2) is 13.3. The summed E-state index contributed by atoms with van der Waals surface area (Å²) in [6, 6.07) is 4.91. The molecule has 0 aromatic heterocycles. The van der Waals surface area contributed by atoms with Gasteiger partial charge in [-0.25, -0.2) is 4.79 Å². The number of carbonyl (C=O) groups is 1. The molecule has 1 atom stereocenters. The van der Waals surface area contributed by atoms with E-state index >= 15 is 0 Å². The number of hydrogen-bond acceptors (Lipinski definition) is 4. The first-order valence-corrected chi connectivity index (χ1v) is 9.49. The number of carbonyl (C=O) groups excluding carboxylic acids is 1. The maximum absolute atomic E-state index is 11.6. The summed E-state index contributed by atoms with van der Waals surface area (Å²) in [4.78, 5) is 15.9. The second-order valence-electron chi connectivity index (χ2n) is 6.79. The summed E-state index contributed by atoms with van der Waals surface area (Å²) in [5.74, 6) is 0.524. The highest BCUT2D eigenvalue weighted by molar-refractivity contribution is 14.0. The highest BCUT2D eigenvalue weighted by Crippen LogP contribution is 2.23. The molecule has 0 spiro atoms. The number of halogens is 3. The van der Waals surface area contributed by atoms with E-state index in [1.165, 1.54) is 0 Å². The Labute approximate surface area is 193 Å². The van der Waals surface area contributed by atoms with Gasteiger partial charge in [0.15, 0.2) is 5.96 Å². The van der Waals surface area contributed by atoms with Gasteiger partial charge in [-0.1, -0.05) is 23.2 Å². The zero-order valence-corrected chi connectivity index (χ0v) is 20.4. The first-order valence-electron chi connectivity index (χ1n) is 8.74. The number of alkyl carbamates (subject to hydrolysis) is 1. The second-order valence-corrected chi connectivity index (χ2v) is 7.67. The molecule has 1 rings (SSSR count). The molecule has 0 radical (unpaired) electrons. The number of aliphatic hydroxyl groups is 1. The minimum Gasteiger partial charge on any atom is -0.444 e. The SMILES string of the molecule is CCNC(=NCC(O)c1cc(Cl)cc(Cl)c1)NCCNC(=O)OC(C)(C)C.I. The molecule has 160 valence electrons. The highest BCUT2D eigenvalue weighted by atomic mass is 127. The van der Waals surface area contributed by atoms with Gasteiger partial charge in [0.1, 0.15) is 5.60 Å². The van der Waals surface area contributed by atoms with Gasteiger partial charge in [-0.2, -0.15) is 0 Å². The van der Waals surface area contributed by atoms with Crippen molar-refractivity contribution >= 4 is 59.2 Å². The van der Waals surface area contributed by atoms with E-state index in [9.17, 15) is 9.90 Å². The lowest BCUT2D eigenvalue weighted by molar-refractivity contribution is 0.0529. The summed E-state index contributed by atoms with van der Waals surface area (Å²) < 4.78 is 5.16. The molecule has 0 saturated heterocycles.